The van der Waals surface area contributed by atoms with Crippen molar-refractivity contribution in [2.24, 2.45) is 4.99 Å². The van der Waals surface area contributed by atoms with E-state index >= 15 is 0 Å². The normalized spacial score (nSPS) is 12.3. The molecule has 3 heteroatoms. The summed E-state index contributed by atoms with van der Waals surface area (Å²) in [6.07, 6.45) is 0. The van der Waals surface area contributed by atoms with Gasteiger partial charge in [-0.05, 0) is 74.8 Å². The molecule has 0 spiro atoms. The fourth-order valence-electron chi connectivity index (χ4n) is 4.33. The van der Waals surface area contributed by atoms with Crippen LogP contribution in [0.3, 0.4) is 0 Å². The first-order chi connectivity index (χ1) is 14.1. The summed E-state index contributed by atoms with van der Waals surface area (Å²) in [6, 6.07) is 13.2. The quantitative estimate of drug-likeness (QED) is 0.333. The van der Waals surface area contributed by atoms with Crippen molar-refractivity contribution >= 4 is 11.5 Å². The number of hydrogen-bond donors (Lipinski definition) is 0. The van der Waals surface area contributed by atoms with Crippen molar-refractivity contribution in [3.8, 4) is 0 Å². The summed E-state index contributed by atoms with van der Waals surface area (Å²) in [6.45, 7) is 19.6. The Bertz CT molecular complexity index is 1050. The van der Waals surface area contributed by atoms with Gasteiger partial charge in [-0.25, -0.2) is 9.67 Å². The molecule has 30 heavy (non-hydrogen) atoms. The Balaban J connectivity index is 2.42. The number of rotatable bonds is 4. The van der Waals surface area contributed by atoms with Crippen molar-refractivity contribution in [2.75, 3.05) is 0 Å². The van der Waals surface area contributed by atoms with Crippen LogP contribution in [0.5, 0.6) is 0 Å². The average Bonchev–Trinajstić information content (AvgIpc) is 2.97. The summed E-state index contributed by atoms with van der Waals surface area (Å²) in [5.41, 5.74) is 10.6. The fraction of sp³-hybridized carbons (Fsp3) is 0.407. The van der Waals surface area contributed by atoms with Gasteiger partial charge in [0.15, 0.2) is 5.84 Å². The first kappa shape index (κ1) is 22.0. The van der Waals surface area contributed by atoms with Crippen molar-refractivity contribution in [1.29, 1.82) is 0 Å². The van der Waals surface area contributed by atoms with Gasteiger partial charge in [-0.2, -0.15) is 5.10 Å². The van der Waals surface area contributed by atoms with Crippen LogP contribution in [0.2, 0.25) is 0 Å². The molecule has 0 radical (unpaired) electrons. The minimum atomic E-state index is 0.393. The molecule has 0 saturated heterocycles. The Hall–Kier alpha value is -2.68. The molecule has 3 nitrogen and oxygen atoms in total. The number of nitrogens with zero attached hydrogens (tertiary/aromatic N) is 3. The second-order valence-electron chi connectivity index (χ2n) is 9.14. The van der Waals surface area contributed by atoms with E-state index in [-0.39, 0.29) is 0 Å². The van der Waals surface area contributed by atoms with Crippen molar-refractivity contribution in [3.63, 3.8) is 0 Å². The molecule has 0 bridgehead atoms. The maximum absolute atomic E-state index is 5.38. The highest BCUT2D eigenvalue weighted by Gasteiger charge is 2.20. The second-order valence-corrected chi connectivity index (χ2v) is 9.14. The molecule has 0 amide bonds. The third kappa shape index (κ3) is 4.26. The highest BCUT2D eigenvalue weighted by molar-refractivity contribution is 6.04. The van der Waals surface area contributed by atoms with Gasteiger partial charge in [-0.3, -0.25) is 0 Å². The molecule has 0 atom stereocenters. The minimum absolute atomic E-state index is 0.393. The lowest BCUT2D eigenvalue weighted by molar-refractivity contribution is 0.830. The van der Waals surface area contributed by atoms with Crippen molar-refractivity contribution in [1.82, 2.24) is 9.78 Å². The molecule has 0 N–H and O–H groups in total. The van der Waals surface area contributed by atoms with Gasteiger partial charge in [0.25, 0.3) is 0 Å². The molecule has 1 aromatic heterocycles. The highest BCUT2D eigenvalue weighted by atomic mass is 15.3. The molecule has 1 heterocycles. The van der Waals surface area contributed by atoms with Crippen LogP contribution in [0.15, 0.2) is 41.4 Å². The zero-order valence-corrected chi connectivity index (χ0v) is 20.0. The number of benzene rings is 2. The van der Waals surface area contributed by atoms with E-state index in [1.165, 1.54) is 33.4 Å². The summed E-state index contributed by atoms with van der Waals surface area (Å²) in [5.74, 6) is 1.69. The van der Waals surface area contributed by atoms with Gasteiger partial charge in [0.2, 0.25) is 0 Å². The third-order valence-electron chi connectivity index (χ3n) is 5.67. The average molecular weight is 402 g/mol. The SMILES string of the molecule is Cc1cc(C)c(C(=Nc2c(C(C)C)cccc2C(C)C)n2nc(C)cc2C)c(C)c1. The summed E-state index contributed by atoms with van der Waals surface area (Å²) in [5, 5.41) is 4.82. The van der Waals surface area contributed by atoms with Crippen LogP contribution in [-0.4, -0.2) is 15.6 Å². The lowest BCUT2D eigenvalue weighted by Crippen LogP contribution is -2.20. The van der Waals surface area contributed by atoms with E-state index in [0.29, 0.717) is 11.8 Å². The summed E-state index contributed by atoms with van der Waals surface area (Å²) in [4.78, 5) is 5.38. The predicted octanol–water partition coefficient (Wildman–Crippen LogP) is 7.30. The maximum Gasteiger partial charge on any atom is 0.162 e. The number of hydrogen-bond acceptors (Lipinski definition) is 2. The van der Waals surface area contributed by atoms with E-state index in [0.717, 1.165) is 22.9 Å². The number of aromatic nitrogens is 2. The monoisotopic (exact) mass is 401 g/mol. The summed E-state index contributed by atoms with van der Waals surface area (Å²) in [7, 11) is 0. The molecule has 0 aliphatic rings. The van der Waals surface area contributed by atoms with Gasteiger partial charge < -0.3 is 0 Å². The van der Waals surface area contributed by atoms with E-state index in [2.05, 4.69) is 91.8 Å². The van der Waals surface area contributed by atoms with Gasteiger partial charge in [-0.1, -0.05) is 63.6 Å². The summed E-state index contributed by atoms with van der Waals surface area (Å²) >= 11 is 0. The van der Waals surface area contributed by atoms with Crippen LogP contribution in [0.1, 0.15) is 84.3 Å². The Morgan fingerprint density at radius 3 is 1.80 bits per heavy atom. The van der Waals surface area contributed by atoms with Crippen LogP contribution in [0.4, 0.5) is 5.69 Å². The smallest absolute Gasteiger partial charge is 0.162 e. The summed E-state index contributed by atoms with van der Waals surface area (Å²) < 4.78 is 2.02. The number of aryl methyl sites for hydroxylation is 5. The number of aliphatic imine (C=N–C) groups is 1. The topological polar surface area (TPSA) is 30.2 Å². The first-order valence-corrected chi connectivity index (χ1v) is 10.9. The minimum Gasteiger partial charge on any atom is -0.228 e. The Morgan fingerprint density at radius 2 is 1.37 bits per heavy atom. The van der Waals surface area contributed by atoms with Crippen molar-refractivity contribution in [3.05, 3.63) is 81.2 Å². The lowest BCUT2D eigenvalue weighted by atomic mass is 9.92. The van der Waals surface area contributed by atoms with Crippen LogP contribution in [0.25, 0.3) is 0 Å². The van der Waals surface area contributed by atoms with Crippen LogP contribution < -0.4 is 0 Å². The molecule has 158 valence electrons. The molecule has 0 saturated carbocycles. The van der Waals surface area contributed by atoms with Crippen molar-refractivity contribution < 1.29 is 0 Å². The predicted molar refractivity (Wildman–Crippen MR) is 129 cm³/mol. The first-order valence-electron chi connectivity index (χ1n) is 10.9. The van der Waals surface area contributed by atoms with E-state index in [1.807, 2.05) is 11.6 Å². The van der Waals surface area contributed by atoms with Gasteiger partial charge in [0.05, 0.1) is 11.4 Å². The zero-order chi connectivity index (χ0) is 22.2. The van der Waals surface area contributed by atoms with Crippen molar-refractivity contribution in [2.45, 2.75) is 74.1 Å². The van der Waals surface area contributed by atoms with Crippen LogP contribution in [0, 0.1) is 34.6 Å². The molecular formula is C27H35N3. The molecule has 2 aromatic carbocycles. The maximum atomic E-state index is 5.38. The van der Waals surface area contributed by atoms with Crippen LogP contribution in [-0.2, 0) is 0 Å². The largest absolute Gasteiger partial charge is 0.228 e. The molecule has 0 aliphatic heterocycles. The standard InChI is InChI=1S/C27H35N3/c1-16(2)23-11-10-12-24(17(3)4)26(23)28-27(30-22(9)15-21(8)29-30)25-19(6)13-18(5)14-20(25)7/h10-17H,1-9H3. The van der Waals surface area contributed by atoms with Gasteiger partial charge in [0, 0.05) is 11.3 Å². The zero-order valence-electron chi connectivity index (χ0n) is 20.0. The molecule has 0 unspecified atom stereocenters. The highest BCUT2D eigenvalue weighted by Crippen LogP contribution is 2.36. The Labute approximate surface area is 181 Å². The Morgan fingerprint density at radius 1 is 0.833 bits per heavy atom. The molecule has 3 rings (SSSR count). The third-order valence-corrected chi connectivity index (χ3v) is 5.67. The fourth-order valence-corrected chi connectivity index (χ4v) is 4.33. The van der Waals surface area contributed by atoms with E-state index in [9.17, 15) is 0 Å². The van der Waals surface area contributed by atoms with Crippen LogP contribution >= 0.6 is 0 Å². The van der Waals surface area contributed by atoms with E-state index in [4.69, 9.17) is 10.1 Å². The Kier molecular flexibility index (Phi) is 6.30. The molecule has 0 aliphatic carbocycles. The van der Waals surface area contributed by atoms with Gasteiger partial charge >= 0.3 is 0 Å². The van der Waals surface area contributed by atoms with Gasteiger partial charge in [-0.15, -0.1) is 0 Å². The van der Waals surface area contributed by atoms with E-state index in [1.54, 1.807) is 0 Å². The second kappa shape index (κ2) is 8.59. The lowest BCUT2D eigenvalue weighted by Gasteiger charge is -2.20. The van der Waals surface area contributed by atoms with Gasteiger partial charge in [0.1, 0.15) is 0 Å². The molecular weight excluding hydrogens is 366 g/mol. The molecule has 3 aromatic rings. The molecule has 0 fully saturated rings. The van der Waals surface area contributed by atoms with E-state index < -0.39 is 0 Å². The number of para-hydroxylation sites is 1.